The van der Waals surface area contributed by atoms with Gasteiger partial charge in [-0.15, -0.1) is 0 Å². The smallest absolute Gasteiger partial charge is 0.161 e. The van der Waals surface area contributed by atoms with Crippen molar-refractivity contribution in [1.29, 1.82) is 0 Å². The minimum absolute atomic E-state index is 0.0258. The molecule has 0 aliphatic heterocycles. The predicted molar refractivity (Wildman–Crippen MR) is 75.0 cm³/mol. The highest BCUT2D eigenvalue weighted by Crippen LogP contribution is 2.29. The van der Waals surface area contributed by atoms with Gasteiger partial charge in [0.1, 0.15) is 4.99 Å². The standard InChI is InChI=1S/C11H14BrFN2OS/c1-2-15(5-6-16)8-4-3-7(11(14)17)9(12)10(8)13/h3-4,16H,2,5-6H2,1H3,(H2,14,17). The van der Waals surface area contributed by atoms with Crippen molar-refractivity contribution < 1.29 is 9.50 Å². The Morgan fingerprint density at radius 3 is 2.71 bits per heavy atom. The Balaban J connectivity index is 3.19. The third kappa shape index (κ3) is 3.14. The maximum absolute atomic E-state index is 14.1. The summed E-state index contributed by atoms with van der Waals surface area (Å²) in [6, 6.07) is 3.29. The highest BCUT2D eigenvalue weighted by molar-refractivity contribution is 9.10. The van der Waals surface area contributed by atoms with Crippen molar-refractivity contribution in [3.8, 4) is 0 Å². The molecule has 6 heteroatoms. The van der Waals surface area contributed by atoms with Crippen LogP contribution in [0.25, 0.3) is 0 Å². The lowest BCUT2D eigenvalue weighted by Gasteiger charge is -2.23. The zero-order valence-corrected chi connectivity index (χ0v) is 11.8. The molecule has 0 amide bonds. The number of aliphatic hydroxyl groups is 1. The van der Waals surface area contributed by atoms with Gasteiger partial charge >= 0.3 is 0 Å². The zero-order chi connectivity index (χ0) is 13.0. The van der Waals surface area contributed by atoms with Crippen LogP contribution in [0.5, 0.6) is 0 Å². The molecule has 0 saturated heterocycles. The van der Waals surface area contributed by atoms with Crippen molar-refractivity contribution >= 4 is 38.8 Å². The van der Waals surface area contributed by atoms with Gasteiger partial charge in [-0.3, -0.25) is 0 Å². The van der Waals surface area contributed by atoms with Crippen LogP contribution in [0, 0.1) is 5.82 Å². The Morgan fingerprint density at radius 2 is 2.24 bits per heavy atom. The number of anilines is 1. The molecule has 0 aliphatic rings. The Morgan fingerprint density at radius 1 is 1.59 bits per heavy atom. The summed E-state index contributed by atoms with van der Waals surface area (Å²) in [6.45, 7) is 2.86. The van der Waals surface area contributed by atoms with Gasteiger partial charge in [0.2, 0.25) is 0 Å². The molecule has 3 N–H and O–H groups in total. The summed E-state index contributed by atoms with van der Waals surface area (Å²) >= 11 is 7.97. The van der Waals surface area contributed by atoms with Crippen LogP contribution in [-0.4, -0.2) is 29.8 Å². The lowest BCUT2D eigenvalue weighted by Crippen LogP contribution is -2.27. The number of halogens is 2. The van der Waals surface area contributed by atoms with E-state index in [9.17, 15) is 4.39 Å². The molecule has 0 spiro atoms. The molecule has 1 aromatic rings. The number of hydrogen-bond donors (Lipinski definition) is 2. The molecule has 0 unspecified atom stereocenters. The van der Waals surface area contributed by atoms with E-state index >= 15 is 0 Å². The highest BCUT2D eigenvalue weighted by Gasteiger charge is 2.16. The third-order valence-corrected chi connectivity index (χ3v) is 3.41. The number of rotatable bonds is 5. The second kappa shape index (κ2) is 6.28. The number of nitrogens with two attached hydrogens (primary N) is 1. The van der Waals surface area contributed by atoms with Gasteiger partial charge in [-0.25, -0.2) is 4.39 Å². The van der Waals surface area contributed by atoms with Crippen molar-refractivity contribution in [2.75, 3.05) is 24.6 Å². The van der Waals surface area contributed by atoms with Gasteiger partial charge in [-0.2, -0.15) is 0 Å². The van der Waals surface area contributed by atoms with Crippen molar-refractivity contribution in [3.63, 3.8) is 0 Å². The van der Waals surface area contributed by atoms with Gasteiger partial charge in [-0.05, 0) is 35.0 Å². The molecule has 1 aromatic carbocycles. The van der Waals surface area contributed by atoms with E-state index in [2.05, 4.69) is 15.9 Å². The molecule has 0 atom stereocenters. The first kappa shape index (κ1) is 14.3. The highest BCUT2D eigenvalue weighted by atomic mass is 79.9. The van der Waals surface area contributed by atoms with Crippen LogP contribution in [0.2, 0.25) is 0 Å². The van der Waals surface area contributed by atoms with Gasteiger partial charge in [-0.1, -0.05) is 12.2 Å². The normalized spacial score (nSPS) is 10.4. The lowest BCUT2D eigenvalue weighted by atomic mass is 10.2. The minimum atomic E-state index is -0.411. The summed E-state index contributed by atoms with van der Waals surface area (Å²) < 4.78 is 14.4. The first-order chi connectivity index (χ1) is 8.02. The summed E-state index contributed by atoms with van der Waals surface area (Å²) in [5.41, 5.74) is 6.38. The fraction of sp³-hybridized carbons (Fsp3) is 0.364. The van der Waals surface area contributed by atoms with E-state index in [0.29, 0.717) is 24.3 Å². The van der Waals surface area contributed by atoms with Crippen LogP contribution in [0.4, 0.5) is 10.1 Å². The second-order valence-corrected chi connectivity index (χ2v) is 4.66. The van der Waals surface area contributed by atoms with E-state index in [0.717, 1.165) is 0 Å². The van der Waals surface area contributed by atoms with E-state index in [1.54, 1.807) is 17.0 Å². The molecular formula is C11H14BrFN2OS. The van der Waals surface area contributed by atoms with Crippen molar-refractivity contribution in [1.82, 2.24) is 0 Å². The molecule has 0 bridgehead atoms. The lowest BCUT2D eigenvalue weighted by molar-refractivity contribution is 0.302. The molecule has 0 aliphatic carbocycles. The number of nitrogens with zero attached hydrogens (tertiary/aromatic N) is 1. The Kier molecular flexibility index (Phi) is 5.30. The number of thiocarbonyl (C=S) groups is 1. The van der Waals surface area contributed by atoms with E-state index < -0.39 is 5.82 Å². The fourth-order valence-electron chi connectivity index (χ4n) is 1.54. The molecule has 17 heavy (non-hydrogen) atoms. The van der Waals surface area contributed by atoms with Crippen LogP contribution in [-0.2, 0) is 0 Å². The number of hydrogen-bond acceptors (Lipinski definition) is 3. The van der Waals surface area contributed by atoms with E-state index in [4.69, 9.17) is 23.1 Å². The van der Waals surface area contributed by atoms with Gasteiger partial charge in [0.15, 0.2) is 5.82 Å². The summed E-state index contributed by atoms with van der Waals surface area (Å²) in [6.07, 6.45) is 0. The monoisotopic (exact) mass is 320 g/mol. The maximum atomic E-state index is 14.1. The van der Waals surface area contributed by atoms with E-state index in [-0.39, 0.29) is 16.1 Å². The molecule has 0 aromatic heterocycles. The first-order valence-electron chi connectivity index (χ1n) is 5.16. The van der Waals surface area contributed by atoms with Crippen LogP contribution in [0.3, 0.4) is 0 Å². The maximum Gasteiger partial charge on any atom is 0.161 e. The topological polar surface area (TPSA) is 49.5 Å². The Bertz CT molecular complexity index is 428. The molecule has 3 nitrogen and oxygen atoms in total. The average Bonchev–Trinajstić information content (AvgIpc) is 2.29. The zero-order valence-electron chi connectivity index (χ0n) is 9.41. The van der Waals surface area contributed by atoms with Crippen molar-refractivity contribution in [2.45, 2.75) is 6.92 Å². The average molecular weight is 321 g/mol. The summed E-state index contributed by atoms with van der Waals surface area (Å²) in [4.78, 5) is 1.89. The summed E-state index contributed by atoms with van der Waals surface area (Å²) in [7, 11) is 0. The van der Waals surface area contributed by atoms with Gasteiger partial charge in [0, 0.05) is 18.7 Å². The van der Waals surface area contributed by atoms with Crippen LogP contribution >= 0.6 is 28.1 Å². The number of aliphatic hydroxyl groups excluding tert-OH is 1. The SMILES string of the molecule is CCN(CCO)c1ccc(C(N)=S)c(Br)c1F. The number of likely N-dealkylation sites (N-methyl/N-ethyl adjacent to an activating group) is 1. The Labute approximate surface area is 114 Å². The molecule has 1 rings (SSSR count). The summed E-state index contributed by atoms with van der Waals surface area (Å²) in [5, 5.41) is 8.92. The van der Waals surface area contributed by atoms with E-state index in [1.807, 2.05) is 6.92 Å². The molecule has 0 heterocycles. The molecular weight excluding hydrogens is 307 g/mol. The minimum Gasteiger partial charge on any atom is -0.395 e. The van der Waals surface area contributed by atoms with Gasteiger partial charge < -0.3 is 15.7 Å². The molecule has 0 saturated carbocycles. The molecule has 0 radical (unpaired) electrons. The largest absolute Gasteiger partial charge is 0.395 e. The molecule has 94 valence electrons. The summed E-state index contributed by atoms with van der Waals surface area (Å²) in [5.74, 6) is -0.411. The first-order valence-corrected chi connectivity index (χ1v) is 6.36. The van der Waals surface area contributed by atoms with E-state index in [1.165, 1.54) is 0 Å². The van der Waals surface area contributed by atoms with Crippen LogP contribution < -0.4 is 10.6 Å². The fourth-order valence-corrected chi connectivity index (χ4v) is 2.39. The quantitative estimate of drug-likeness (QED) is 0.815. The molecule has 0 fully saturated rings. The third-order valence-electron chi connectivity index (χ3n) is 2.42. The Hall–Kier alpha value is -0.720. The number of benzene rings is 1. The van der Waals surface area contributed by atoms with Crippen molar-refractivity contribution in [2.24, 2.45) is 5.73 Å². The van der Waals surface area contributed by atoms with Crippen LogP contribution in [0.15, 0.2) is 16.6 Å². The van der Waals surface area contributed by atoms with Crippen molar-refractivity contribution in [3.05, 3.63) is 28.0 Å². The predicted octanol–water partition coefficient (Wildman–Crippen LogP) is 2.04. The van der Waals surface area contributed by atoms with Gasteiger partial charge in [0.05, 0.1) is 16.8 Å². The van der Waals surface area contributed by atoms with Crippen LogP contribution in [0.1, 0.15) is 12.5 Å². The van der Waals surface area contributed by atoms with Gasteiger partial charge in [0.25, 0.3) is 0 Å². The second-order valence-electron chi connectivity index (χ2n) is 3.43.